The number of thiophene rings is 1. The third kappa shape index (κ3) is 5.41. The first kappa shape index (κ1) is 28.0. The van der Waals surface area contributed by atoms with E-state index in [-0.39, 0.29) is 12.3 Å². The Morgan fingerprint density at radius 1 is 1.14 bits per heavy atom. The van der Waals surface area contributed by atoms with Crippen molar-refractivity contribution in [2.24, 2.45) is 4.99 Å². The van der Waals surface area contributed by atoms with Crippen molar-refractivity contribution in [3.05, 3.63) is 85.7 Å². The Hall–Kier alpha value is -4.11. The minimum absolute atomic E-state index is 0.127. The molecule has 12 heteroatoms. The van der Waals surface area contributed by atoms with Crippen molar-refractivity contribution in [1.29, 1.82) is 5.26 Å². The number of hydrogen-bond acceptors (Lipinski definition) is 9. The second-order valence-corrected chi connectivity index (χ2v) is 12.6. The SMILES string of the molecule is Cc1sc2c(c1C)C(c1ccc(Cl)cc1)=N[C@@H](CC(=O)NCCCOc1ccc3sc(C#N)nc3c1)c1nnc(C)n1-2. The molecule has 3 aromatic heterocycles. The molecule has 0 saturated heterocycles. The van der Waals surface area contributed by atoms with Gasteiger partial charge in [-0.3, -0.25) is 14.4 Å². The molecule has 0 saturated carbocycles. The van der Waals surface area contributed by atoms with Crippen LogP contribution in [-0.2, 0) is 4.79 Å². The Morgan fingerprint density at radius 2 is 1.95 bits per heavy atom. The Kier molecular flexibility index (Phi) is 7.77. The molecule has 0 unspecified atom stereocenters. The number of hydrogen-bond donors (Lipinski definition) is 1. The number of ether oxygens (including phenoxy) is 1. The maximum absolute atomic E-state index is 13.1. The third-order valence-corrected chi connectivity index (χ3v) is 9.49. The van der Waals surface area contributed by atoms with Gasteiger partial charge in [0, 0.05) is 33.6 Å². The van der Waals surface area contributed by atoms with Gasteiger partial charge < -0.3 is 10.1 Å². The third-order valence-electron chi connectivity index (χ3n) is 7.10. The van der Waals surface area contributed by atoms with Gasteiger partial charge in [0.05, 0.1) is 29.0 Å². The molecular weight excluding hydrogens is 590 g/mol. The summed E-state index contributed by atoms with van der Waals surface area (Å²) in [4.78, 5) is 23.8. The largest absolute Gasteiger partial charge is 0.493 e. The van der Waals surface area contributed by atoms with Crippen molar-refractivity contribution in [3.8, 4) is 16.8 Å². The number of benzene rings is 2. The predicted octanol–water partition coefficient (Wildman–Crippen LogP) is 6.26. The topological polar surface area (TPSA) is 118 Å². The van der Waals surface area contributed by atoms with Gasteiger partial charge in [0.1, 0.15) is 28.7 Å². The minimum atomic E-state index is -0.518. The molecular formula is C30H26ClN7O2S2. The molecule has 0 bridgehead atoms. The van der Waals surface area contributed by atoms with Gasteiger partial charge in [-0.25, -0.2) is 4.98 Å². The summed E-state index contributed by atoms with van der Waals surface area (Å²) in [5, 5.41) is 23.0. The average Bonchev–Trinajstić information content (AvgIpc) is 3.63. The van der Waals surface area contributed by atoms with Crippen LogP contribution in [0, 0.1) is 32.1 Å². The number of aryl methyl sites for hydroxylation is 2. The van der Waals surface area contributed by atoms with Crippen molar-refractivity contribution < 1.29 is 9.53 Å². The molecule has 42 heavy (non-hydrogen) atoms. The van der Waals surface area contributed by atoms with Gasteiger partial charge in [-0.2, -0.15) is 5.26 Å². The van der Waals surface area contributed by atoms with Gasteiger partial charge >= 0.3 is 0 Å². The first-order valence-corrected chi connectivity index (χ1v) is 15.4. The number of carbonyl (C=O) groups is 1. The first-order valence-electron chi connectivity index (χ1n) is 13.4. The van der Waals surface area contributed by atoms with E-state index in [1.165, 1.54) is 16.2 Å². The Labute approximate surface area is 255 Å². The lowest BCUT2D eigenvalue weighted by Crippen LogP contribution is -2.27. The van der Waals surface area contributed by atoms with Crippen LogP contribution in [0.4, 0.5) is 0 Å². The van der Waals surface area contributed by atoms with Gasteiger partial charge in [0.25, 0.3) is 0 Å². The number of rotatable bonds is 8. The predicted molar refractivity (Wildman–Crippen MR) is 165 cm³/mol. The van der Waals surface area contributed by atoms with Crippen LogP contribution >= 0.6 is 34.3 Å². The maximum Gasteiger partial charge on any atom is 0.222 e. The second-order valence-electron chi connectivity index (χ2n) is 9.92. The van der Waals surface area contributed by atoms with Crippen LogP contribution in [-0.4, -0.2) is 44.5 Å². The van der Waals surface area contributed by atoms with E-state index in [1.807, 2.05) is 54.0 Å². The molecule has 0 fully saturated rings. The summed E-state index contributed by atoms with van der Waals surface area (Å²) in [7, 11) is 0. The number of carbonyl (C=O) groups excluding carboxylic acids is 1. The summed E-state index contributed by atoms with van der Waals surface area (Å²) in [5.74, 6) is 1.95. The van der Waals surface area contributed by atoms with Crippen molar-refractivity contribution in [3.63, 3.8) is 0 Å². The lowest BCUT2D eigenvalue weighted by Gasteiger charge is -2.13. The smallest absolute Gasteiger partial charge is 0.222 e. The highest BCUT2D eigenvalue weighted by molar-refractivity contribution is 7.19. The summed E-state index contributed by atoms with van der Waals surface area (Å²) < 4.78 is 8.83. The highest BCUT2D eigenvalue weighted by atomic mass is 35.5. The summed E-state index contributed by atoms with van der Waals surface area (Å²) in [6.45, 7) is 7.00. The van der Waals surface area contributed by atoms with Crippen molar-refractivity contribution in [2.75, 3.05) is 13.2 Å². The number of halogens is 1. The molecule has 0 aliphatic carbocycles. The Morgan fingerprint density at radius 3 is 2.74 bits per heavy atom. The monoisotopic (exact) mass is 615 g/mol. The molecule has 1 atom stereocenters. The quantitative estimate of drug-likeness (QED) is 0.206. The number of nitrogens with zero attached hydrogens (tertiary/aromatic N) is 6. The summed E-state index contributed by atoms with van der Waals surface area (Å²) in [5.41, 5.74) is 4.67. The molecule has 1 N–H and O–H groups in total. The zero-order valence-electron chi connectivity index (χ0n) is 23.1. The maximum atomic E-state index is 13.1. The van der Waals surface area contributed by atoms with Crippen molar-refractivity contribution in [1.82, 2.24) is 25.1 Å². The van der Waals surface area contributed by atoms with E-state index in [4.69, 9.17) is 26.6 Å². The normalized spacial score (nSPS) is 14.1. The fraction of sp³-hybridized carbons (Fsp3) is 0.267. The Bertz CT molecular complexity index is 1880. The molecule has 6 rings (SSSR count). The van der Waals surface area contributed by atoms with Crippen molar-refractivity contribution >= 4 is 56.1 Å². The zero-order valence-corrected chi connectivity index (χ0v) is 25.5. The van der Waals surface area contributed by atoms with E-state index in [0.717, 1.165) is 43.4 Å². The standard InChI is InChI=1S/C30H26ClN7O2S2/c1-16-17(2)41-30-27(16)28(19-5-7-20(31)8-6-19)35-23(29-37-36-18(3)38(29)30)14-25(39)33-11-4-12-40-21-9-10-24-22(13-21)34-26(15-32)42-24/h5-10,13,23H,4,11-12,14H2,1-3H3,(H,33,39)/t23-/m0/s1. The lowest BCUT2D eigenvalue weighted by atomic mass is 9.99. The highest BCUT2D eigenvalue weighted by Gasteiger charge is 2.32. The van der Waals surface area contributed by atoms with Gasteiger partial charge in [-0.15, -0.1) is 32.9 Å². The van der Waals surface area contributed by atoms with Crippen LogP contribution in [0.5, 0.6) is 5.75 Å². The number of fused-ring (bicyclic) bond motifs is 4. The van der Waals surface area contributed by atoms with E-state index in [2.05, 4.69) is 40.4 Å². The molecule has 9 nitrogen and oxygen atoms in total. The molecule has 4 heterocycles. The fourth-order valence-electron chi connectivity index (χ4n) is 4.92. The molecule has 0 radical (unpaired) electrons. The van der Waals surface area contributed by atoms with E-state index in [1.54, 1.807) is 11.3 Å². The van der Waals surface area contributed by atoms with Gasteiger partial charge in [-0.1, -0.05) is 23.7 Å². The van der Waals surface area contributed by atoms with Crippen LogP contribution in [0.1, 0.15) is 57.1 Å². The Balaban J connectivity index is 1.16. The summed E-state index contributed by atoms with van der Waals surface area (Å²) in [6.07, 6.45) is 0.754. The molecule has 0 spiro atoms. The number of nitriles is 1. The van der Waals surface area contributed by atoms with E-state index < -0.39 is 6.04 Å². The van der Waals surface area contributed by atoms with Gasteiger partial charge in [0.15, 0.2) is 10.8 Å². The van der Waals surface area contributed by atoms with Crippen LogP contribution in [0.25, 0.3) is 15.2 Å². The number of aliphatic imine (C=N–C) groups is 1. The average molecular weight is 616 g/mol. The fourth-order valence-corrected chi connectivity index (χ4v) is 7.00. The van der Waals surface area contributed by atoms with E-state index >= 15 is 0 Å². The van der Waals surface area contributed by atoms with Gasteiger partial charge in [0.2, 0.25) is 5.91 Å². The zero-order chi connectivity index (χ0) is 29.4. The molecule has 2 aromatic carbocycles. The van der Waals surface area contributed by atoms with Crippen LogP contribution in [0.2, 0.25) is 5.02 Å². The summed E-state index contributed by atoms with van der Waals surface area (Å²) >= 11 is 9.22. The molecule has 1 aliphatic rings. The van der Waals surface area contributed by atoms with Crippen LogP contribution in [0.15, 0.2) is 47.5 Å². The number of amides is 1. The first-order chi connectivity index (χ1) is 20.3. The van der Waals surface area contributed by atoms with Crippen molar-refractivity contribution in [2.45, 2.75) is 39.7 Å². The highest BCUT2D eigenvalue weighted by Crippen LogP contribution is 2.39. The van der Waals surface area contributed by atoms with Crippen LogP contribution in [0.3, 0.4) is 0 Å². The second kappa shape index (κ2) is 11.6. The molecule has 212 valence electrons. The number of nitrogens with one attached hydrogen (secondary N) is 1. The minimum Gasteiger partial charge on any atom is -0.493 e. The van der Waals surface area contributed by atoms with Crippen LogP contribution < -0.4 is 10.1 Å². The van der Waals surface area contributed by atoms with Gasteiger partial charge in [-0.05, 0) is 57.0 Å². The lowest BCUT2D eigenvalue weighted by molar-refractivity contribution is -0.121. The summed E-state index contributed by atoms with van der Waals surface area (Å²) in [6, 6.07) is 14.8. The number of aromatic nitrogens is 4. The van der Waals surface area contributed by atoms with E-state index in [9.17, 15) is 4.79 Å². The molecule has 1 aliphatic heterocycles. The molecule has 5 aromatic rings. The molecule has 1 amide bonds. The number of thiazole rings is 1. The van der Waals surface area contributed by atoms with E-state index in [0.29, 0.717) is 41.2 Å².